The third-order valence-corrected chi connectivity index (χ3v) is 3.91. The predicted octanol–water partition coefficient (Wildman–Crippen LogP) is 2.83. The van der Waals surface area contributed by atoms with Crippen molar-refractivity contribution in [3.63, 3.8) is 0 Å². The summed E-state index contributed by atoms with van der Waals surface area (Å²) in [7, 11) is 0. The number of carbonyl (C=O) groups is 1. The molecule has 29 heavy (non-hydrogen) atoms. The van der Waals surface area contributed by atoms with Crippen molar-refractivity contribution in [3.8, 4) is 17.2 Å². The van der Waals surface area contributed by atoms with Gasteiger partial charge in [-0.1, -0.05) is 22.4 Å². The number of hydrazone groups is 1. The lowest BCUT2D eigenvalue weighted by Crippen LogP contribution is -2.17. The van der Waals surface area contributed by atoms with Crippen LogP contribution in [0.5, 0.6) is 17.2 Å². The van der Waals surface area contributed by atoms with Crippen LogP contribution < -0.4 is 14.9 Å². The number of phenolic OH excluding ortho intramolecular Hbond substituents is 1. The van der Waals surface area contributed by atoms with Gasteiger partial charge in [0.2, 0.25) is 0 Å². The minimum absolute atomic E-state index is 0.113. The fourth-order valence-corrected chi connectivity index (χ4v) is 2.41. The number of hydrogen-bond acceptors (Lipinski definition) is 8. The number of rotatable bonds is 8. The van der Waals surface area contributed by atoms with Gasteiger partial charge in [-0.3, -0.25) is 4.79 Å². The summed E-state index contributed by atoms with van der Waals surface area (Å²) in [4.78, 5) is 12.1. The molecular formula is C20H20N4O5. The molecule has 0 aliphatic carbocycles. The van der Waals surface area contributed by atoms with Crippen molar-refractivity contribution in [2.24, 2.45) is 5.10 Å². The van der Waals surface area contributed by atoms with Crippen LogP contribution in [0.2, 0.25) is 0 Å². The van der Waals surface area contributed by atoms with Crippen molar-refractivity contribution in [2.45, 2.75) is 20.5 Å². The van der Waals surface area contributed by atoms with Gasteiger partial charge in [-0.2, -0.15) is 5.10 Å². The second kappa shape index (κ2) is 9.36. The average Bonchev–Trinajstić information content (AvgIpc) is 3.12. The monoisotopic (exact) mass is 396 g/mol. The Morgan fingerprint density at radius 2 is 2.03 bits per heavy atom. The standard InChI is InChI=1S/C20H20N4O5/c1-3-27-19-10-14(8-9-18(19)28-12-16-13(2)23-29-24-16)11-21-22-20(26)15-6-4-5-7-17(15)25/h4-11,25H,3,12H2,1-2H3,(H,22,26)/b21-11+. The molecule has 0 unspecified atom stereocenters. The van der Waals surface area contributed by atoms with Crippen LogP contribution in [0.1, 0.15) is 34.2 Å². The van der Waals surface area contributed by atoms with E-state index < -0.39 is 5.91 Å². The summed E-state index contributed by atoms with van der Waals surface area (Å²) in [5, 5.41) is 21.1. The highest BCUT2D eigenvalue weighted by Gasteiger charge is 2.11. The van der Waals surface area contributed by atoms with E-state index in [1.54, 1.807) is 37.3 Å². The topological polar surface area (TPSA) is 119 Å². The number of hydrogen-bond donors (Lipinski definition) is 2. The van der Waals surface area contributed by atoms with E-state index in [4.69, 9.17) is 9.47 Å². The molecule has 0 fully saturated rings. The highest BCUT2D eigenvalue weighted by atomic mass is 16.6. The van der Waals surface area contributed by atoms with Gasteiger partial charge in [-0.25, -0.2) is 10.1 Å². The van der Waals surface area contributed by atoms with E-state index in [0.717, 1.165) is 0 Å². The van der Waals surface area contributed by atoms with Crippen LogP contribution in [0.3, 0.4) is 0 Å². The number of ether oxygens (including phenoxy) is 2. The van der Waals surface area contributed by atoms with Gasteiger partial charge in [0.25, 0.3) is 5.91 Å². The molecule has 9 nitrogen and oxygen atoms in total. The predicted molar refractivity (Wildman–Crippen MR) is 104 cm³/mol. The van der Waals surface area contributed by atoms with Gasteiger partial charge >= 0.3 is 0 Å². The highest BCUT2D eigenvalue weighted by molar-refractivity contribution is 5.97. The zero-order valence-corrected chi connectivity index (χ0v) is 16.0. The smallest absolute Gasteiger partial charge is 0.275 e. The number of para-hydroxylation sites is 1. The fourth-order valence-electron chi connectivity index (χ4n) is 2.41. The summed E-state index contributed by atoms with van der Waals surface area (Å²) < 4.78 is 16.0. The molecule has 2 N–H and O–H groups in total. The maximum atomic E-state index is 12.1. The third-order valence-electron chi connectivity index (χ3n) is 3.91. The Kier molecular flexibility index (Phi) is 6.41. The van der Waals surface area contributed by atoms with Crippen molar-refractivity contribution < 1.29 is 24.0 Å². The average molecular weight is 396 g/mol. The summed E-state index contributed by atoms with van der Waals surface area (Å²) in [5.74, 6) is 0.432. The molecule has 1 aromatic heterocycles. The number of carbonyl (C=O) groups excluding carboxylic acids is 1. The molecule has 0 aliphatic rings. The second-order valence-corrected chi connectivity index (χ2v) is 5.94. The van der Waals surface area contributed by atoms with Crippen LogP contribution in [0, 0.1) is 6.92 Å². The Morgan fingerprint density at radius 3 is 2.76 bits per heavy atom. The van der Waals surface area contributed by atoms with Crippen molar-refractivity contribution in [1.29, 1.82) is 0 Å². The summed E-state index contributed by atoms with van der Waals surface area (Å²) in [5.41, 5.74) is 4.47. The number of aromatic hydroxyl groups is 1. The van der Waals surface area contributed by atoms with Gasteiger partial charge in [0.1, 0.15) is 23.7 Å². The number of phenols is 1. The van der Waals surface area contributed by atoms with Gasteiger partial charge in [0.05, 0.1) is 18.4 Å². The van der Waals surface area contributed by atoms with Crippen LogP contribution in [-0.4, -0.2) is 34.1 Å². The number of aryl methyl sites for hydroxylation is 1. The van der Waals surface area contributed by atoms with Gasteiger partial charge < -0.3 is 14.6 Å². The van der Waals surface area contributed by atoms with E-state index >= 15 is 0 Å². The van der Waals surface area contributed by atoms with E-state index in [-0.39, 0.29) is 17.9 Å². The first-order valence-electron chi connectivity index (χ1n) is 8.87. The first-order valence-corrected chi connectivity index (χ1v) is 8.87. The van der Waals surface area contributed by atoms with Gasteiger partial charge in [-0.15, -0.1) is 0 Å². The van der Waals surface area contributed by atoms with E-state index in [1.165, 1.54) is 18.3 Å². The number of benzene rings is 2. The van der Waals surface area contributed by atoms with Crippen molar-refractivity contribution in [3.05, 3.63) is 65.0 Å². The zero-order chi connectivity index (χ0) is 20.6. The van der Waals surface area contributed by atoms with Crippen LogP contribution >= 0.6 is 0 Å². The molecule has 2 aromatic carbocycles. The van der Waals surface area contributed by atoms with Crippen LogP contribution in [0.15, 0.2) is 52.2 Å². The third kappa shape index (κ3) is 5.10. The van der Waals surface area contributed by atoms with Crippen LogP contribution in [0.4, 0.5) is 0 Å². The quantitative estimate of drug-likeness (QED) is 0.444. The zero-order valence-electron chi connectivity index (χ0n) is 16.0. The molecule has 0 aliphatic heterocycles. The molecule has 0 saturated carbocycles. The van der Waals surface area contributed by atoms with Crippen molar-refractivity contribution in [2.75, 3.05) is 6.61 Å². The lowest BCUT2D eigenvalue weighted by Gasteiger charge is -2.11. The summed E-state index contributed by atoms with van der Waals surface area (Å²) >= 11 is 0. The minimum atomic E-state index is -0.513. The van der Waals surface area contributed by atoms with Crippen LogP contribution in [0.25, 0.3) is 0 Å². The number of nitrogens with zero attached hydrogens (tertiary/aromatic N) is 3. The molecule has 0 atom stereocenters. The molecule has 3 aromatic rings. The van der Waals surface area contributed by atoms with E-state index in [0.29, 0.717) is 35.1 Å². The number of nitrogens with one attached hydrogen (secondary N) is 1. The molecule has 3 rings (SSSR count). The van der Waals surface area contributed by atoms with E-state index in [2.05, 4.69) is 25.5 Å². The molecule has 150 valence electrons. The van der Waals surface area contributed by atoms with E-state index in [1.807, 2.05) is 6.92 Å². The Balaban J connectivity index is 1.67. The SMILES string of the molecule is CCOc1cc(/C=N/NC(=O)c2ccccc2O)ccc1OCc1nonc1C. The Hall–Kier alpha value is -3.88. The fraction of sp³-hybridized carbons (Fsp3) is 0.200. The van der Waals surface area contributed by atoms with Crippen molar-refractivity contribution >= 4 is 12.1 Å². The highest BCUT2D eigenvalue weighted by Crippen LogP contribution is 2.29. The number of amides is 1. The first kappa shape index (κ1) is 19.9. The largest absolute Gasteiger partial charge is 0.507 e. The molecule has 9 heteroatoms. The molecule has 0 spiro atoms. The maximum absolute atomic E-state index is 12.1. The van der Waals surface area contributed by atoms with E-state index in [9.17, 15) is 9.90 Å². The Bertz CT molecular complexity index is 1020. The van der Waals surface area contributed by atoms with Gasteiger partial charge in [0, 0.05) is 0 Å². The Labute approximate surface area is 166 Å². The van der Waals surface area contributed by atoms with Gasteiger partial charge in [-0.05, 0) is 49.7 Å². The molecule has 0 radical (unpaired) electrons. The molecule has 0 bridgehead atoms. The first-order chi connectivity index (χ1) is 14.1. The normalized spacial score (nSPS) is 10.8. The lowest BCUT2D eigenvalue weighted by atomic mass is 10.2. The molecular weight excluding hydrogens is 376 g/mol. The second-order valence-electron chi connectivity index (χ2n) is 5.94. The number of aromatic nitrogens is 2. The molecule has 0 saturated heterocycles. The Morgan fingerprint density at radius 1 is 1.21 bits per heavy atom. The summed E-state index contributed by atoms with van der Waals surface area (Å²) in [6, 6.07) is 11.5. The lowest BCUT2D eigenvalue weighted by molar-refractivity contribution is 0.0952. The van der Waals surface area contributed by atoms with Crippen molar-refractivity contribution in [1.82, 2.24) is 15.7 Å². The maximum Gasteiger partial charge on any atom is 0.275 e. The summed E-state index contributed by atoms with van der Waals surface area (Å²) in [6.45, 7) is 4.29. The summed E-state index contributed by atoms with van der Waals surface area (Å²) in [6.07, 6.45) is 1.47. The van der Waals surface area contributed by atoms with Gasteiger partial charge in [0.15, 0.2) is 11.5 Å². The van der Waals surface area contributed by atoms with Crippen LogP contribution in [-0.2, 0) is 6.61 Å². The molecule has 1 heterocycles. The minimum Gasteiger partial charge on any atom is -0.507 e. The molecule has 1 amide bonds.